The molecule has 3 aromatic rings. The molecular weight excluding hydrogens is 426 g/mol. The second-order valence-corrected chi connectivity index (χ2v) is 7.35. The minimum atomic E-state index is -0.874. The molecule has 1 fully saturated rings. The van der Waals surface area contributed by atoms with Gasteiger partial charge in [0.2, 0.25) is 0 Å². The molecule has 8 heteroatoms. The topological polar surface area (TPSA) is 98.4 Å². The lowest BCUT2D eigenvalue weighted by atomic mass is 9.95. The van der Waals surface area contributed by atoms with Crippen LogP contribution >= 0.6 is 0 Å². The summed E-state index contributed by atoms with van der Waals surface area (Å²) in [4.78, 5) is 27.6. The van der Waals surface area contributed by atoms with Crippen LogP contribution in [-0.2, 0) is 16.1 Å². The SMILES string of the molecule is COc1cccc(C(O)=C2C(=O)C(=O)N(Cc3ccco3)[C@@H]2c2ccc(OC)c(OC)c2)c1. The predicted octanol–water partition coefficient (Wildman–Crippen LogP) is 3.93. The number of hydrogen-bond donors (Lipinski definition) is 1. The van der Waals surface area contributed by atoms with Crippen LogP contribution in [0.1, 0.15) is 22.9 Å². The van der Waals surface area contributed by atoms with E-state index in [1.807, 2.05) is 0 Å². The first kappa shape index (κ1) is 22.0. The van der Waals surface area contributed by atoms with Gasteiger partial charge in [-0.05, 0) is 42.0 Å². The second-order valence-electron chi connectivity index (χ2n) is 7.35. The summed E-state index contributed by atoms with van der Waals surface area (Å²) in [7, 11) is 4.52. The van der Waals surface area contributed by atoms with Crippen molar-refractivity contribution in [3.8, 4) is 17.2 Å². The number of ketones is 1. The van der Waals surface area contributed by atoms with E-state index in [0.717, 1.165) is 0 Å². The third-order valence-corrected chi connectivity index (χ3v) is 5.51. The fourth-order valence-corrected chi connectivity index (χ4v) is 3.91. The molecule has 1 aliphatic heterocycles. The maximum absolute atomic E-state index is 13.1. The van der Waals surface area contributed by atoms with Crippen LogP contribution in [0, 0.1) is 0 Å². The number of nitrogens with zero attached hydrogens (tertiary/aromatic N) is 1. The maximum atomic E-state index is 13.1. The van der Waals surface area contributed by atoms with Gasteiger partial charge in [-0.25, -0.2) is 0 Å². The van der Waals surface area contributed by atoms with Gasteiger partial charge in [-0.1, -0.05) is 18.2 Å². The Hall–Kier alpha value is -4.20. The average molecular weight is 449 g/mol. The van der Waals surface area contributed by atoms with Crippen LogP contribution in [0.25, 0.3) is 5.76 Å². The Kier molecular flexibility index (Phi) is 6.08. The molecule has 170 valence electrons. The fraction of sp³-hybridized carbons (Fsp3) is 0.200. The molecule has 0 bridgehead atoms. The van der Waals surface area contributed by atoms with Crippen LogP contribution in [-0.4, -0.2) is 43.0 Å². The number of hydrogen-bond acceptors (Lipinski definition) is 7. The van der Waals surface area contributed by atoms with E-state index in [4.69, 9.17) is 18.6 Å². The van der Waals surface area contributed by atoms with Gasteiger partial charge in [0, 0.05) is 5.56 Å². The van der Waals surface area contributed by atoms with Gasteiger partial charge in [-0.2, -0.15) is 0 Å². The number of carbonyl (C=O) groups is 2. The van der Waals surface area contributed by atoms with E-state index < -0.39 is 17.7 Å². The van der Waals surface area contributed by atoms with Crippen molar-refractivity contribution in [3.63, 3.8) is 0 Å². The van der Waals surface area contributed by atoms with E-state index in [9.17, 15) is 14.7 Å². The molecule has 0 aliphatic carbocycles. The summed E-state index contributed by atoms with van der Waals surface area (Å²) in [5.74, 6) is 0.110. The summed E-state index contributed by atoms with van der Waals surface area (Å²) in [6, 6.07) is 14.3. The standard InChI is InChI=1S/C25H23NO7/c1-30-17-7-4-6-16(12-17)23(27)21-22(15-9-10-19(31-2)20(13-15)32-3)26(25(29)24(21)28)14-18-8-5-11-33-18/h4-13,22,27H,14H2,1-3H3/t22-/m1/s1. The number of amides is 1. The van der Waals surface area contributed by atoms with Crippen molar-refractivity contribution < 1.29 is 33.3 Å². The molecule has 1 aliphatic rings. The van der Waals surface area contributed by atoms with Crippen molar-refractivity contribution >= 4 is 17.4 Å². The van der Waals surface area contributed by atoms with Crippen LogP contribution in [0.3, 0.4) is 0 Å². The minimum absolute atomic E-state index is 0.0352. The zero-order valence-corrected chi connectivity index (χ0v) is 18.4. The summed E-state index contributed by atoms with van der Waals surface area (Å²) < 4.78 is 21.4. The maximum Gasteiger partial charge on any atom is 0.296 e. The van der Waals surface area contributed by atoms with Gasteiger partial charge >= 0.3 is 0 Å². The minimum Gasteiger partial charge on any atom is -0.507 e. The van der Waals surface area contributed by atoms with Gasteiger partial charge in [-0.15, -0.1) is 0 Å². The van der Waals surface area contributed by atoms with Crippen molar-refractivity contribution in [1.82, 2.24) is 4.90 Å². The molecular formula is C25H23NO7. The Balaban J connectivity index is 1.90. The molecule has 2 aromatic carbocycles. The van der Waals surface area contributed by atoms with Crippen LogP contribution in [0.4, 0.5) is 0 Å². The van der Waals surface area contributed by atoms with Crippen LogP contribution in [0.2, 0.25) is 0 Å². The number of likely N-dealkylation sites (tertiary alicyclic amines) is 1. The number of methoxy groups -OCH3 is 3. The highest BCUT2D eigenvalue weighted by molar-refractivity contribution is 6.46. The van der Waals surface area contributed by atoms with Crippen molar-refractivity contribution in [2.75, 3.05) is 21.3 Å². The third kappa shape index (κ3) is 4.03. The molecule has 1 N–H and O–H groups in total. The lowest BCUT2D eigenvalue weighted by Gasteiger charge is -2.25. The molecule has 8 nitrogen and oxygen atoms in total. The summed E-state index contributed by atoms with van der Waals surface area (Å²) in [6.45, 7) is 0.0471. The van der Waals surface area contributed by atoms with E-state index in [1.54, 1.807) is 54.6 Å². The lowest BCUT2D eigenvalue weighted by Crippen LogP contribution is -2.29. The Morgan fingerprint density at radius 3 is 2.42 bits per heavy atom. The van der Waals surface area contributed by atoms with E-state index in [-0.39, 0.29) is 17.9 Å². The average Bonchev–Trinajstić information content (AvgIpc) is 3.45. The van der Waals surface area contributed by atoms with Gasteiger partial charge in [0.1, 0.15) is 17.3 Å². The van der Waals surface area contributed by atoms with Crippen LogP contribution in [0.15, 0.2) is 70.9 Å². The molecule has 0 saturated carbocycles. The number of ether oxygens (including phenoxy) is 3. The number of aliphatic hydroxyl groups is 1. The summed E-state index contributed by atoms with van der Waals surface area (Å²) >= 11 is 0. The fourth-order valence-electron chi connectivity index (χ4n) is 3.91. The van der Waals surface area contributed by atoms with Gasteiger partial charge < -0.3 is 28.6 Å². The molecule has 0 spiro atoms. The highest BCUT2D eigenvalue weighted by atomic mass is 16.5. The van der Waals surface area contributed by atoms with Crippen molar-refractivity contribution in [2.45, 2.75) is 12.6 Å². The molecule has 0 unspecified atom stereocenters. The zero-order valence-electron chi connectivity index (χ0n) is 18.4. The Bertz CT molecular complexity index is 1210. The van der Waals surface area contributed by atoms with Crippen molar-refractivity contribution in [1.29, 1.82) is 0 Å². The number of carbonyl (C=O) groups excluding carboxylic acids is 2. The number of rotatable bonds is 7. The van der Waals surface area contributed by atoms with E-state index >= 15 is 0 Å². The van der Waals surface area contributed by atoms with Crippen LogP contribution in [0.5, 0.6) is 17.2 Å². The zero-order chi connectivity index (χ0) is 23.5. The quantitative estimate of drug-likeness (QED) is 0.332. The summed E-state index contributed by atoms with van der Waals surface area (Å²) in [5, 5.41) is 11.2. The van der Waals surface area contributed by atoms with Gasteiger partial charge in [0.05, 0.1) is 45.8 Å². The first-order valence-corrected chi connectivity index (χ1v) is 10.2. The van der Waals surface area contributed by atoms with E-state index in [1.165, 1.54) is 32.5 Å². The van der Waals surface area contributed by atoms with Gasteiger partial charge in [-0.3, -0.25) is 9.59 Å². The largest absolute Gasteiger partial charge is 0.507 e. The first-order chi connectivity index (χ1) is 16.0. The number of benzene rings is 2. The molecule has 33 heavy (non-hydrogen) atoms. The molecule has 0 radical (unpaired) electrons. The first-order valence-electron chi connectivity index (χ1n) is 10.2. The molecule has 2 heterocycles. The van der Waals surface area contributed by atoms with Gasteiger partial charge in [0.25, 0.3) is 11.7 Å². The van der Waals surface area contributed by atoms with Gasteiger partial charge in [0.15, 0.2) is 11.5 Å². The Labute approximate surface area is 190 Å². The summed E-state index contributed by atoms with van der Waals surface area (Å²) in [5.41, 5.74) is 0.894. The molecule has 4 rings (SSSR count). The van der Waals surface area contributed by atoms with Crippen LogP contribution < -0.4 is 14.2 Å². The van der Waals surface area contributed by atoms with Crippen molar-refractivity contribution in [2.24, 2.45) is 0 Å². The molecule has 1 atom stereocenters. The highest BCUT2D eigenvalue weighted by Gasteiger charge is 2.46. The third-order valence-electron chi connectivity index (χ3n) is 5.51. The highest BCUT2D eigenvalue weighted by Crippen LogP contribution is 2.42. The molecule has 1 amide bonds. The van der Waals surface area contributed by atoms with E-state index in [0.29, 0.717) is 34.1 Å². The number of aliphatic hydroxyl groups excluding tert-OH is 1. The number of Topliss-reactive ketones (excluding diaryl/α,β-unsaturated/α-hetero) is 1. The predicted molar refractivity (Wildman–Crippen MR) is 119 cm³/mol. The number of furan rings is 1. The van der Waals surface area contributed by atoms with E-state index in [2.05, 4.69) is 0 Å². The smallest absolute Gasteiger partial charge is 0.296 e. The second kappa shape index (κ2) is 9.12. The molecule has 1 saturated heterocycles. The monoisotopic (exact) mass is 449 g/mol. The normalized spacial score (nSPS) is 17.3. The summed E-state index contributed by atoms with van der Waals surface area (Å²) in [6.07, 6.45) is 1.49. The lowest BCUT2D eigenvalue weighted by molar-refractivity contribution is -0.140. The Morgan fingerprint density at radius 2 is 1.76 bits per heavy atom. The Morgan fingerprint density at radius 1 is 0.970 bits per heavy atom. The van der Waals surface area contributed by atoms with Crippen molar-refractivity contribution in [3.05, 3.63) is 83.3 Å². The molecule has 1 aromatic heterocycles.